The average Bonchev–Trinajstić information content (AvgIpc) is 2.70. The predicted molar refractivity (Wildman–Crippen MR) is 102 cm³/mol. The third kappa shape index (κ3) is 3.94. The number of benzene rings is 1. The molecule has 1 saturated heterocycles. The topological polar surface area (TPSA) is 94.5 Å². The van der Waals surface area contributed by atoms with Gasteiger partial charge in [-0.3, -0.25) is 18.8 Å². The second-order valence-corrected chi connectivity index (χ2v) is 6.78. The Morgan fingerprint density at radius 2 is 1.70 bits per heavy atom. The van der Waals surface area contributed by atoms with E-state index in [4.69, 9.17) is 5.26 Å². The zero-order chi connectivity index (χ0) is 19.6. The van der Waals surface area contributed by atoms with Crippen LogP contribution in [0.15, 0.2) is 39.9 Å². The molecule has 3 rings (SSSR count). The maximum Gasteiger partial charge on any atom is 0.332 e. The lowest BCUT2D eigenvalue weighted by molar-refractivity contribution is 0.109. The van der Waals surface area contributed by atoms with Gasteiger partial charge in [0, 0.05) is 52.9 Å². The lowest BCUT2D eigenvalue weighted by Gasteiger charge is -2.37. The standard InChI is InChI=1S/C19H23N5O3/c1-21-17(11-18(26)22(2)19(21)27)24-9-7-23(8-10-24)13-16(25)15-5-3-14(12-20)4-6-15/h3-6,11,16,25H,7-10,13H2,1-2H3. The van der Waals surface area contributed by atoms with Gasteiger partial charge in [0.05, 0.1) is 17.7 Å². The zero-order valence-electron chi connectivity index (χ0n) is 15.5. The second-order valence-electron chi connectivity index (χ2n) is 6.78. The number of hydrogen-bond donors (Lipinski definition) is 1. The highest BCUT2D eigenvalue weighted by Crippen LogP contribution is 2.18. The van der Waals surface area contributed by atoms with E-state index >= 15 is 0 Å². The van der Waals surface area contributed by atoms with Gasteiger partial charge in [-0.15, -0.1) is 0 Å². The van der Waals surface area contributed by atoms with Crippen LogP contribution in [0.5, 0.6) is 0 Å². The first kappa shape index (κ1) is 18.9. The van der Waals surface area contributed by atoms with Crippen molar-refractivity contribution in [2.75, 3.05) is 37.6 Å². The van der Waals surface area contributed by atoms with Crippen molar-refractivity contribution in [3.63, 3.8) is 0 Å². The maximum absolute atomic E-state index is 12.1. The monoisotopic (exact) mass is 369 g/mol. The summed E-state index contributed by atoms with van der Waals surface area (Å²) in [5.74, 6) is 0.621. The number of aromatic nitrogens is 2. The number of β-amino-alcohol motifs (C(OH)–C–C–N with tert-alkyl or cyclic N) is 1. The largest absolute Gasteiger partial charge is 0.387 e. The molecule has 0 radical (unpaired) electrons. The number of aliphatic hydroxyl groups is 1. The van der Waals surface area contributed by atoms with Crippen LogP contribution in [0.1, 0.15) is 17.2 Å². The molecule has 1 aromatic heterocycles. The molecule has 142 valence electrons. The Hall–Kier alpha value is -2.89. The average molecular weight is 369 g/mol. The molecular weight excluding hydrogens is 346 g/mol. The minimum absolute atomic E-state index is 0.313. The van der Waals surface area contributed by atoms with Crippen molar-refractivity contribution in [1.29, 1.82) is 5.26 Å². The quantitative estimate of drug-likeness (QED) is 0.803. The summed E-state index contributed by atoms with van der Waals surface area (Å²) in [6, 6.07) is 10.5. The normalized spacial score (nSPS) is 16.1. The van der Waals surface area contributed by atoms with Gasteiger partial charge in [0.15, 0.2) is 0 Å². The molecule has 27 heavy (non-hydrogen) atoms. The van der Waals surface area contributed by atoms with E-state index in [2.05, 4.69) is 11.0 Å². The molecule has 0 spiro atoms. The van der Waals surface area contributed by atoms with Crippen molar-refractivity contribution >= 4 is 5.82 Å². The summed E-state index contributed by atoms with van der Waals surface area (Å²) in [5.41, 5.74) is 0.701. The van der Waals surface area contributed by atoms with Crippen molar-refractivity contribution < 1.29 is 5.11 Å². The molecule has 8 nitrogen and oxygen atoms in total. The van der Waals surface area contributed by atoms with Gasteiger partial charge in [-0.1, -0.05) is 12.1 Å². The fraction of sp³-hybridized carbons (Fsp3) is 0.421. The zero-order valence-corrected chi connectivity index (χ0v) is 15.5. The third-order valence-electron chi connectivity index (χ3n) is 5.05. The smallest absolute Gasteiger partial charge is 0.332 e. The first-order valence-electron chi connectivity index (χ1n) is 8.83. The number of hydrogen-bond acceptors (Lipinski definition) is 6. The lowest BCUT2D eigenvalue weighted by Crippen LogP contribution is -2.50. The fourth-order valence-electron chi connectivity index (χ4n) is 3.31. The van der Waals surface area contributed by atoms with Gasteiger partial charge in [-0.2, -0.15) is 5.26 Å². The number of anilines is 1. The van der Waals surface area contributed by atoms with Crippen molar-refractivity contribution in [3.05, 3.63) is 62.3 Å². The van der Waals surface area contributed by atoms with Crippen LogP contribution in [0.3, 0.4) is 0 Å². The molecule has 0 aliphatic carbocycles. The molecule has 2 aromatic rings. The van der Waals surface area contributed by atoms with Crippen LogP contribution in [0.4, 0.5) is 5.82 Å². The number of rotatable bonds is 4. The molecule has 1 atom stereocenters. The van der Waals surface area contributed by atoms with Gasteiger partial charge >= 0.3 is 5.69 Å². The summed E-state index contributed by atoms with van der Waals surface area (Å²) < 4.78 is 2.58. The molecule has 1 aromatic carbocycles. The third-order valence-corrected chi connectivity index (χ3v) is 5.05. The van der Waals surface area contributed by atoms with Gasteiger partial charge in [-0.05, 0) is 17.7 Å². The van der Waals surface area contributed by atoms with Gasteiger partial charge in [0.1, 0.15) is 5.82 Å². The Labute approximate surface area is 157 Å². The van der Waals surface area contributed by atoms with E-state index in [0.717, 1.165) is 23.2 Å². The molecule has 0 saturated carbocycles. The van der Waals surface area contributed by atoms with Gasteiger partial charge in [0.25, 0.3) is 5.56 Å². The molecule has 0 bridgehead atoms. The van der Waals surface area contributed by atoms with Gasteiger partial charge in [0.2, 0.25) is 0 Å². The summed E-state index contributed by atoms with van der Waals surface area (Å²) in [6.07, 6.45) is -0.627. The van der Waals surface area contributed by atoms with E-state index in [1.54, 1.807) is 31.3 Å². The summed E-state index contributed by atoms with van der Waals surface area (Å²) in [6.45, 7) is 3.27. The summed E-state index contributed by atoms with van der Waals surface area (Å²) in [4.78, 5) is 28.2. The molecule has 2 heterocycles. The Bertz CT molecular complexity index is 963. The van der Waals surface area contributed by atoms with Crippen LogP contribution in [-0.2, 0) is 14.1 Å². The maximum atomic E-state index is 12.1. The number of piperazine rings is 1. The van der Waals surface area contributed by atoms with Crippen molar-refractivity contribution in [1.82, 2.24) is 14.0 Å². The Morgan fingerprint density at radius 3 is 2.30 bits per heavy atom. The fourth-order valence-corrected chi connectivity index (χ4v) is 3.31. The molecule has 1 fully saturated rings. The van der Waals surface area contributed by atoms with Crippen molar-refractivity contribution in [2.45, 2.75) is 6.10 Å². The molecular formula is C19H23N5O3. The Morgan fingerprint density at radius 1 is 1.07 bits per heavy atom. The van der Waals surface area contributed by atoms with Crippen LogP contribution in [0, 0.1) is 11.3 Å². The minimum atomic E-state index is -0.627. The highest BCUT2D eigenvalue weighted by atomic mass is 16.3. The molecule has 1 unspecified atom stereocenters. The van der Waals surface area contributed by atoms with Crippen LogP contribution in [0.2, 0.25) is 0 Å². The molecule has 1 N–H and O–H groups in total. The molecule has 1 aliphatic rings. The van der Waals surface area contributed by atoms with E-state index in [1.165, 1.54) is 17.7 Å². The summed E-state index contributed by atoms with van der Waals surface area (Å²) in [7, 11) is 3.13. The van der Waals surface area contributed by atoms with Gasteiger partial charge in [-0.25, -0.2) is 4.79 Å². The van der Waals surface area contributed by atoms with Crippen molar-refractivity contribution in [2.24, 2.45) is 14.1 Å². The highest BCUT2D eigenvalue weighted by Gasteiger charge is 2.22. The molecule has 1 aliphatic heterocycles. The van der Waals surface area contributed by atoms with Gasteiger partial charge < -0.3 is 10.0 Å². The second kappa shape index (κ2) is 7.78. The van der Waals surface area contributed by atoms with Crippen LogP contribution < -0.4 is 16.1 Å². The number of nitriles is 1. The van der Waals surface area contributed by atoms with E-state index in [-0.39, 0.29) is 11.2 Å². The van der Waals surface area contributed by atoms with Crippen LogP contribution >= 0.6 is 0 Å². The summed E-state index contributed by atoms with van der Waals surface area (Å²) in [5, 5.41) is 19.3. The Balaban J connectivity index is 1.63. The SMILES string of the molecule is Cn1c(N2CCN(CC(O)c3ccc(C#N)cc3)CC2)cc(=O)n(C)c1=O. The highest BCUT2D eigenvalue weighted by molar-refractivity contribution is 5.39. The molecule has 8 heteroatoms. The first-order valence-corrected chi connectivity index (χ1v) is 8.83. The van der Waals surface area contributed by atoms with Crippen LogP contribution in [0.25, 0.3) is 0 Å². The molecule has 0 amide bonds. The van der Waals surface area contributed by atoms with E-state index in [1.807, 2.05) is 4.90 Å². The van der Waals surface area contributed by atoms with Crippen molar-refractivity contribution in [3.8, 4) is 6.07 Å². The van der Waals surface area contributed by atoms with E-state index in [9.17, 15) is 14.7 Å². The Kier molecular flexibility index (Phi) is 5.44. The number of nitrogens with zero attached hydrogens (tertiary/aromatic N) is 5. The van der Waals surface area contributed by atoms with E-state index in [0.29, 0.717) is 31.0 Å². The lowest BCUT2D eigenvalue weighted by atomic mass is 10.1. The van der Waals surface area contributed by atoms with E-state index < -0.39 is 6.10 Å². The predicted octanol–water partition coefficient (Wildman–Crippen LogP) is -0.189. The summed E-state index contributed by atoms with van der Waals surface area (Å²) >= 11 is 0. The van der Waals surface area contributed by atoms with Crippen LogP contribution in [-0.4, -0.2) is 51.9 Å². The number of aliphatic hydroxyl groups excluding tert-OH is 1. The minimum Gasteiger partial charge on any atom is -0.387 e. The first-order chi connectivity index (χ1) is 12.9.